The molecule has 0 aliphatic heterocycles. The van der Waals surface area contributed by atoms with E-state index in [9.17, 15) is 14.0 Å². The van der Waals surface area contributed by atoms with Crippen LogP contribution in [-0.4, -0.2) is 42.1 Å². The number of anilines is 1. The molecule has 48 heavy (non-hydrogen) atoms. The smallest absolute Gasteiger partial charge is 0.282 e. The standard InChI is InChI=1S/C36H33BrClFN4O5/c1-6-47-30-16-22(32(37)33(38)34(30)48-19-31(44)41-24-13-11-23(39)12-14-24)18-40-43-35(42-28-10-8-7-9-25(28)36(43)45)27-17-26(20(2)3)29(46-5)15-21(27)4/h7-18,20H,6,19H2,1-5H3,(H,41,44). The van der Waals surface area contributed by atoms with Crippen LogP contribution in [0.2, 0.25) is 5.02 Å². The van der Waals surface area contributed by atoms with Crippen LogP contribution in [0.15, 0.2) is 81.1 Å². The molecule has 0 spiro atoms. The number of hydrogen-bond acceptors (Lipinski definition) is 7. The van der Waals surface area contributed by atoms with E-state index in [1.54, 1.807) is 38.3 Å². The molecule has 5 aromatic rings. The average molecular weight is 736 g/mol. The van der Waals surface area contributed by atoms with Gasteiger partial charge in [-0.3, -0.25) is 9.59 Å². The number of ether oxygens (including phenoxy) is 3. The largest absolute Gasteiger partial charge is 0.496 e. The summed E-state index contributed by atoms with van der Waals surface area (Å²) in [7, 11) is 1.63. The van der Waals surface area contributed by atoms with Gasteiger partial charge in [0.1, 0.15) is 16.6 Å². The van der Waals surface area contributed by atoms with Crippen LogP contribution in [0.4, 0.5) is 10.1 Å². The Morgan fingerprint density at radius 2 is 1.83 bits per heavy atom. The molecular formula is C36H33BrClFN4O5. The van der Waals surface area contributed by atoms with Crippen molar-refractivity contribution in [2.24, 2.45) is 5.10 Å². The maximum absolute atomic E-state index is 13.9. The number of carbonyl (C=O) groups excluding carboxylic acids is 1. The van der Waals surface area contributed by atoms with Gasteiger partial charge in [0.2, 0.25) is 0 Å². The molecule has 248 valence electrons. The second-order valence-corrected chi connectivity index (χ2v) is 12.2. The van der Waals surface area contributed by atoms with Gasteiger partial charge in [0, 0.05) is 21.3 Å². The predicted molar refractivity (Wildman–Crippen MR) is 191 cm³/mol. The third-order valence-corrected chi connectivity index (χ3v) is 8.88. The molecule has 0 aliphatic carbocycles. The van der Waals surface area contributed by atoms with E-state index >= 15 is 0 Å². The third-order valence-electron chi connectivity index (χ3n) is 7.44. The highest BCUT2D eigenvalue weighted by Crippen LogP contribution is 2.42. The molecule has 1 heterocycles. The van der Waals surface area contributed by atoms with Crippen LogP contribution in [0.1, 0.15) is 43.4 Å². The summed E-state index contributed by atoms with van der Waals surface area (Å²) in [6, 6.07) is 18.0. The Balaban J connectivity index is 1.55. The van der Waals surface area contributed by atoms with E-state index in [0.717, 1.165) is 22.4 Å². The number of hydrogen-bond donors (Lipinski definition) is 1. The molecule has 12 heteroatoms. The molecular weight excluding hydrogens is 703 g/mol. The molecule has 5 rings (SSSR count). The SMILES string of the molecule is CCOc1cc(C=Nn2c(-c3cc(C(C)C)c(OC)cc3C)nc3ccccc3c2=O)c(Br)c(Cl)c1OCC(=O)Nc1ccc(F)cc1. The fraction of sp³-hybridized carbons (Fsp3) is 0.222. The number of aromatic nitrogens is 2. The summed E-state index contributed by atoms with van der Waals surface area (Å²) in [5, 5.41) is 7.81. The zero-order valence-electron chi connectivity index (χ0n) is 26.9. The van der Waals surface area contributed by atoms with E-state index < -0.39 is 18.3 Å². The third kappa shape index (κ3) is 7.37. The lowest BCUT2D eigenvalue weighted by atomic mass is 9.96. The average Bonchev–Trinajstić information content (AvgIpc) is 3.07. The Morgan fingerprint density at radius 3 is 2.52 bits per heavy atom. The first-order valence-corrected chi connectivity index (χ1v) is 16.3. The Morgan fingerprint density at radius 1 is 1.10 bits per heavy atom. The van der Waals surface area contributed by atoms with E-state index in [2.05, 4.69) is 40.2 Å². The van der Waals surface area contributed by atoms with Gasteiger partial charge in [0.15, 0.2) is 23.9 Å². The number of para-hydroxylation sites is 1. The number of nitrogens with one attached hydrogen (secondary N) is 1. The van der Waals surface area contributed by atoms with Crippen LogP contribution in [-0.2, 0) is 4.79 Å². The maximum atomic E-state index is 13.9. The van der Waals surface area contributed by atoms with Gasteiger partial charge in [-0.05, 0) is 101 Å². The van der Waals surface area contributed by atoms with Crippen molar-refractivity contribution >= 4 is 56.2 Å². The summed E-state index contributed by atoms with van der Waals surface area (Å²) in [5.74, 6) is 0.758. The van der Waals surface area contributed by atoms with E-state index in [0.29, 0.717) is 32.5 Å². The number of rotatable bonds is 11. The zero-order valence-corrected chi connectivity index (χ0v) is 29.3. The molecule has 4 aromatic carbocycles. The van der Waals surface area contributed by atoms with E-state index in [1.165, 1.54) is 35.2 Å². The maximum Gasteiger partial charge on any atom is 0.282 e. The first kappa shape index (κ1) is 34.6. The number of halogens is 3. The number of methoxy groups -OCH3 is 1. The molecule has 1 amide bonds. The lowest BCUT2D eigenvalue weighted by Crippen LogP contribution is -2.21. The molecule has 0 bridgehead atoms. The van der Waals surface area contributed by atoms with E-state index in [4.69, 9.17) is 30.8 Å². The van der Waals surface area contributed by atoms with E-state index in [-0.39, 0.29) is 34.6 Å². The van der Waals surface area contributed by atoms with Crippen LogP contribution in [0.3, 0.4) is 0 Å². The van der Waals surface area contributed by atoms with Gasteiger partial charge in [0.05, 0.1) is 30.8 Å². The van der Waals surface area contributed by atoms with Gasteiger partial charge in [-0.15, -0.1) is 0 Å². The Bertz CT molecular complexity index is 2080. The quantitative estimate of drug-likeness (QED) is 0.137. The fourth-order valence-corrected chi connectivity index (χ4v) is 5.71. The minimum atomic E-state index is -0.480. The predicted octanol–water partition coefficient (Wildman–Crippen LogP) is 8.36. The molecule has 1 N–H and O–H groups in total. The lowest BCUT2D eigenvalue weighted by molar-refractivity contribution is -0.118. The van der Waals surface area contributed by atoms with Crippen molar-refractivity contribution in [3.63, 3.8) is 0 Å². The molecule has 0 atom stereocenters. The summed E-state index contributed by atoms with van der Waals surface area (Å²) < 4.78 is 32.2. The zero-order chi connectivity index (χ0) is 34.5. The Labute approximate surface area is 290 Å². The highest BCUT2D eigenvalue weighted by atomic mass is 79.9. The van der Waals surface area contributed by atoms with Crippen molar-refractivity contribution in [1.29, 1.82) is 0 Å². The molecule has 9 nitrogen and oxygen atoms in total. The van der Waals surface area contributed by atoms with E-state index in [1.807, 2.05) is 25.1 Å². The van der Waals surface area contributed by atoms with Crippen LogP contribution in [0.25, 0.3) is 22.3 Å². The second-order valence-electron chi connectivity index (χ2n) is 11.1. The van der Waals surface area contributed by atoms with Crippen molar-refractivity contribution < 1.29 is 23.4 Å². The number of fused-ring (bicyclic) bond motifs is 1. The fourth-order valence-electron chi connectivity index (χ4n) is 5.06. The highest BCUT2D eigenvalue weighted by molar-refractivity contribution is 9.10. The van der Waals surface area contributed by atoms with Crippen molar-refractivity contribution in [2.45, 2.75) is 33.6 Å². The molecule has 0 radical (unpaired) electrons. The number of nitrogens with zero attached hydrogens (tertiary/aromatic N) is 3. The molecule has 0 fully saturated rings. The highest BCUT2D eigenvalue weighted by Gasteiger charge is 2.21. The summed E-state index contributed by atoms with van der Waals surface area (Å²) >= 11 is 10.3. The summed E-state index contributed by atoms with van der Waals surface area (Å²) in [4.78, 5) is 31.4. The van der Waals surface area contributed by atoms with Crippen LogP contribution in [0, 0.1) is 12.7 Å². The Hall–Kier alpha value is -4.74. The number of benzene rings is 4. The summed E-state index contributed by atoms with van der Waals surface area (Å²) in [6.07, 6.45) is 1.48. The lowest BCUT2D eigenvalue weighted by Gasteiger charge is -2.18. The number of carbonyl (C=O) groups is 1. The minimum absolute atomic E-state index is 0.133. The summed E-state index contributed by atoms with van der Waals surface area (Å²) in [6.45, 7) is 7.75. The van der Waals surface area contributed by atoms with Crippen LogP contribution < -0.4 is 25.1 Å². The van der Waals surface area contributed by atoms with Gasteiger partial charge in [-0.1, -0.05) is 37.6 Å². The molecule has 0 aliphatic rings. The number of aryl methyl sites for hydroxylation is 1. The molecule has 0 saturated carbocycles. The van der Waals surface area contributed by atoms with Crippen LogP contribution >= 0.6 is 27.5 Å². The number of amides is 1. The Kier molecular flexibility index (Phi) is 10.8. The van der Waals surface area contributed by atoms with Crippen molar-refractivity contribution in [2.75, 3.05) is 25.6 Å². The van der Waals surface area contributed by atoms with Gasteiger partial charge >= 0.3 is 0 Å². The van der Waals surface area contributed by atoms with Gasteiger partial charge in [-0.25, -0.2) is 9.37 Å². The van der Waals surface area contributed by atoms with Crippen molar-refractivity contribution in [1.82, 2.24) is 9.66 Å². The van der Waals surface area contributed by atoms with Crippen molar-refractivity contribution in [3.8, 4) is 28.6 Å². The monoisotopic (exact) mass is 734 g/mol. The molecule has 0 saturated heterocycles. The van der Waals surface area contributed by atoms with Crippen molar-refractivity contribution in [3.05, 3.63) is 109 Å². The second kappa shape index (κ2) is 15.0. The minimum Gasteiger partial charge on any atom is -0.496 e. The molecule has 0 unspecified atom stereocenters. The van der Waals surface area contributed by atoms with Gasteiger partial charge in [0.25, 0.3) is 11.5 Å². The first-order valence-electron chi connectivity index (χ1n) is 15.1. The topological polar surface area (TPSA) is 104 Å². The van der Waals surface area contributed by atoms with Gasteiger partial charge in [-0.2, -0.15) is 9.78 Å². The van der Waals surface area contributed by atoms with Crippen LogP contribution in [0.5, 0.6) is 17.2 Å². The molecule has 1 aromatic heterocycles. The first-order chi connectivity index (χ1) is 23.0. The van der Waals surface area contributed by atoms with Gasteiger partial charge < -0.3 is 19.5 Å². The normalized spacial score (nSPS) is 11.4. The summed E-state index contributed by atoms with van der Waals surface area (Å²) in [5.41, 5.74) is 3.63.